The van der Waals surface area contributed by atoms with Crippen LogP contribution < -0.4 is 5.32 Å². The number of nitrogens with one attached hydrogen (secondary N) is 1. The van der Waals surface area contributed by atoms with Crippen LogP contribution in [0.15, 0.2) is 0 Å². The highest BCUT2D eigenvalue weighted by Gasteiger charge is 2.37. The lowest BCUT2D eigenvalue weighted by Crippen LogP contribution is -2.42. The molecule has 1 aromatic heterocycles. The zero-order valence-electron chi connectivity index (χ0n) is 11.6. The maximum atomic E-state index is 5.00. The number of thiazole rings is 1. The van der Waals surface area contributed by atoms with Crippen LogP contribution in [0, 0.1) is 5.92 Å². The van der Waals surface area contributed by atoms with E-state index in [0.29, 0.717) is 0 Å². The molecule has 0 radical (unpaired) electrons. The number of rotatable bonds is 2. The Morgan fingerprint density at radius 1 is 1.22 bits per heavy atom. The van der Waals surface area contributed by atoms with Gasteiger partial charge in [-0.3, -0.25) is 0 Å². The van der Waals surface area contributed by atoms with Crippen LogP contribution >= 0.6 is 11.3 Å². The molecule has 1 saturated carbocycles. The predicted molar refractivity (Wildman–Crippen MR) is 77.1 cm³/mol. The smallest absolute Gasteiger partial charge is 0.113 e. The van der Waals surface area contributed by atoms with Crippen LogP contribution in [0.25, 0.3) is 0 Å². The highest BCUT2D eigenvalue weighted by Crippen LogP contribution is 2.42. The largest absolute Gasteiger partial charge is 0.308 e. The third-order valence-electron chi connectivity index (χ3n) is 4.86. The summed E-state index contributed by atoms with van der Waals surface area (Å²) in [6.45, 7) is 2.38. The zero-order valence-corrected chi connectivity index (χ0v) is 12.4. The molecule has 3 rings (SSSR count). The van der Waals surface area contributed by atoms with Crippen LogP contribution in [0.4, 0.5) is 0 Å². The minimum absolute atomic E-state index is 0.189. The highest BCUT2D eigenvalue weighted by molar-refractivity contribution is 7.11. The second kappa shape index (κ2) is 4.93. The van der Waals surface area contributed by atoms with Crippen molar-refractivity contribution in [2.75, 3.05) is 7.05 Å². The van der Waals surface area contributed by atoms with Gasteiger partial charge in [-0.1, -0.05) is 6.92 Å². The third-order valence-corrected chi connectivity index (χ3v) is 6.22. The van der Waals surface area contributed by atoms with Crippen molar-refractivity contribution in [1.82, 2.24) is 10.3 Å². The molecule has 0 unspecified atom stereocenters. The van der Waals surface area contributed by atoms with E-state index in [1.807, 2.05) is 11.3 Å². The Hall–Kier alpha value is -0.410. The lowest BCUT2D eigenvalue weighted by atomic mass is 9.77. The molecule has 0 saturated heterocycles. The number of aryl methyl sites for hydroxylation is 2. The van der Waals surface area contributed by atoms with Gasteiger partial charge < -0.3 is 5.32 Å². The van der Waals surface area contributed by atoms with E-state index in [9.17, 15) is 0 Å². The van der Waals surface area contributed by atoms with Crippen molar-refractivity contribution in [3.63, 3.8) is 0 Å². The van der Waals surface area contributed by atoms with Gasteiger partial charge >= 0.3 is 0 Å². The number of fused-ring (bicyclic) bond motifs is 1. The monoisotopic (exact) mass is 264 g/mol. The molecular formula is C15H24N2S. The summed E-state index contributed by atoms with van der Waals surface area (Å²) in [6, 6.07) is 0. The molecule has 2 nitrogen and oxygen atoms in total. The van der Waals surface area contributed by atoms with Crippen molar-refractivity contribution >= 4 is 11.3 Å². The van der Waals surface area contributed by atoms with Crippen molar-refractivity contribution in [2.45, 2.75) is 63.8 Å². The summed E-state index contributed by atoms with van der Waals surface area (Å²) in [4.78, 5) is 6.57. The van der Waals surface area contributed by atoms with E-state index >= 15 is 0 Å². The van der Waals surface area contributed by atoms with E-state index in [2.05, 4.69) is 19.3 Å². The number of hydrogen-bond acceptors (Lipinski definition) is 3. The van der Waals surface area contributed by atoms with Crippen LogP contribution in [0.5, 0.6) is 0 Å². The summed E-state index contributed by atoms with van der Waals surface area (Å²) in [5, 5.41) is 4.99. The first-order valence-electron chi connectivity index (χ1n) is 7.41. The average Bonchev–Trinajstić information content (AvgIpc) is 2.84. The normalized spacial score (nSPS) is 32.2. The molecule has 0 amide bonds. The summed E-state index contributed by atoms with van der Waals surface area (Å²) in [5.74, 6) is 0.890. The van der Waals surface area contributed by atoms with E-state index in [1.54, 1.807) is 4.88 Å². The fraction of sp³-hybridized carbons (Fsp3) is 0.800. The van der Waals surface area contributed by atoms with Crippen molar-refractivity contribution < 1.29 is 0 Å². The van der Waals surface area contributed by atoms with Gasteiger partial charge in [-0.15, -0.1) is 11.3 Å². The van der Waals surface area contributed by atoms with E-state index < -0.39 is 0 Å². The SMILES string of the molecule is CNC1(c2nc3c(s2)CCCC3)CCC(C)CC1. The molecule has 0 aliphatic heterocycles. The first-order chi connectivity index (χ1) is 8.73. The van der Waals surface area contributed by atoms with Gasteiger partial charge in [0.2, 0.25) is 0 Å². The average molecular weight is 264 g/mol. The van der Waals surface area contributed by atoms with Gasteiger partial charge in [-0.2, -0.15) is 0 Å². The van der Waals surface area contributed by atoms with Gasteiger partial charge in [0.1, 0.15) is 5.01 Å². The lowest BCUT2D eigenvalue weighted by molar-refractivity contribution is 0.208. The van der Waals surface area contributed by atoms with Crippen LogP contribution in [0.3, 0.4) is 0 Å². The first kappa shape index (κ1) is 12.6. The Labute approximate surface area is 114 Å². The van der Waals surface area contributed by atoms with E-state index in [-0.39, 0.29) is 5.54 Å². The molecule has 1 N–H and O–H groups in total. The second-order valence-electron chi connectivity index (χ2n) is 6.11. The molecule has 0 aromatic carbocycles. The van der Waals surface area contributed by atoms with E-state index in [1.165, 1.54) is 62.1 Å². The zero-order chi connectivity index (χ0) is 12.6. The van der Waals surface area contributed by atoms with Gasteiger partial charge in [0.25, 0.3) is 0 Å². The van der Waals surface area contributed by atoms with Gasteiger partial charge in [0.15, 0.2) is 0 Å². The summed E-state index contributed by atoms with van der Waals surface area (Å²) in [7, 11) is 2.12. The minimum atomic E-state index is 0.189. The molecule has 1 heterocycles. The summed E-state index contributed by atoms with van der Waals surface area (Å²) < 4.78 is 0. The van der Waals surface area contributed by atoms with Gasteiger partial charge in [-0.25, -0.2) is 4.98 Å². The number of aromatic nitrogens is 1. The van der Waals surface area contributed by atoms with Crippen LogP contribution in [0.2, 0.25) is 0 Å². The molecule has 3 heteroatoms. The summed E-state index contributed by atoms with van der Waals surface area (Å²) in [5.41, 5.74) is 1.60. The highest BCUT2D eigenvalue weighted by atomic mass is 32.1. The molecule has 100 valence electrons. The van der Waals surface area contributed by atoms with Crippen molar-refractivity contribution in [2.24, 2.45) is 5.92 Å². The maximum Gasteiger partial charge on any atom is 0.113 e. The fourth-order valence-electron chi connectivity index (χ4n) is 3.38. The maximum absolute atomic E-state index is 5.00. The van der Waals surface area contributed by atoms with E-state index in [4.69, 9.17) is 4.98 Å². The predicted octanol–water partition coefficient (Wildman–Crippen LogP) is 3.65. The molecule has 2 aliphatic carbocycles. The molecule has 1 fully saturated rings. The fourth-order valence-corrected chi connectivity index (χ4v) is 4.79. The Bertz CT molecular complexity index is 393. The van der Waals surface area contributed by atoms with Crippen LogP contribution in [0.1, 0.15) is 61.0 Å². The molecular weight excluding hydrogens is 240 g/mol. The molecule has 0 bridgehead atoms. The van der Waals surface area contributed by atoms with Gasteiger partial charge in [-0.05, 0) is 64.3 Å². The molecule has 1 aromatic rings. The molecule has 2 aliphatic rings. The molecule has 0 spiro atoms. The van der Waals surface area contributed by atoms with Gasteiger partial charge in [0.05, 0.1) is 11.2 Å². The Balaban J connectivity index is 1.89. The van der Waals surface area contributed by atoms with Crippen LogP contribution in [-0.4, -0.2) is 12.0 Å². The first-order valence-corrected chi connectivity index (χ1v) is 8.23. The van der Waals surface area contributed by atoms with Crippen molar-refractivity contribution in [3.05, 3.63) is 15.6 Å². The molecule has 0 atom stereocenters. The topological polar surface area (TPSA) is 24.9 Å². The van der Waals surface area contributed by atoms with E-state index in [0.717, 1.165) is 5.92 Å². The second-order valence-corrected chi connectivity index (χ2v) is 7.19. The molecule has 18 heavy (non-hydrogen) atoms. The van der Waals surface area contributed by atoms with Crippen molar-refractivity contribution in [1.29, 1.82) is 0 Å². The standard InChI is InChI=1S/C15H24N2S/c1-11-7-9-15(16-2,10-8-11)14-17-12-5-3-4-6-13(12)18-14/h11,16H,3-10H2,1-2H3. The quantitative estimate of drug-likeness (QED) is 0.882. The van der Waals surface area contributed by atoms with Gasteiger partial charge in [0, 0.05) is 4.88 Å². The minimum Gasteiger partial charge on any atom is -0.308 e. The Kier molecular flexibility index (Phi) is 3.46. The van der Waals surface area contributed by atoms with Crippen LogP contribution in [-0.2, 0) is 18.4 Å². The number of hydrogen-bond donors (Lipinski definition) is 1. The summed E-state index contributed by atoms with van der Waals surface area (Å²) in [6.07, 6.45) is 10.4. The van der Waals surface area contributed by atoms with Crippen molar-refractivity contribution in [3.8, 4) is 0 Å². The number of nitrogens with zero attached hydrogens (tertiary/aromatic N) is 1. The lowest BCUT2D eigenvalue weighted by Gasteiger charge is -2.37. The Morgan fingerprint density at radius 3 is 2.61 bits per heavy atom. The Morgan fingerprint density at radius 2 is 1.94 bits per heavy atom. The third kappa shape index (κ3) is 2.12. The summed E-state index contributed by atoms with van der Waals surface area (Å²) >= 11 is 1.99.